The maximum atomic E-state index is 15.7. The van der Waals surface area contributed by atoms with E-state index in [9.17, 15) is 0 Å². The summed E-state index contributed by atoms with van der Waals surface area (Å²) >= 11 is 0. The van der Waals surface area contributed by atoms with E-state index in [0.29, 0.717) is 23.7 Å². The van der Waals surface area contributed by atoms with Gasteiger partial charge in [0.05, 0.1) is 28.1 Å². The molecule has 11 rings (SSSR count). The zero-order chi connectivity index (χ0) is 55.9. The van der Waals surface area contributed by atoms with Crippen molar-refractivity contribution in [1.29, 1.82) is 0 Å². The van der Waals surface area contributed by atoms with E-state index in [1.807, 2.05) is 6.20 Å². The Kier molecular flexibility index (Phi) is 13.4. The van der Waals surface area contributed by atoms with Crippen molar-refractivity contribution in [2.24, 2.45) is 0 Å². The van der Waals surface area contributed by atoms with Gasteiger partial charge in [-0.3, -0.25) is 4.57 Å². The first-order valence-electron chi connectivity index (χ1n) is 27.9. The van der Waals surface area contributed by atoms with Gasteiger partial charge < -0.3 is 14.5 Å². The van der Waals surface area contributed by atoms with Crippen LogP contribution in [0.5, 0.6) is 11.5 Å². The number of rotatable bonds is 10. The Balaban J connectivity index is 1.12. The first kappa shape index (κ1) is 53.0. The third kappa shape index (κ3) is 10.2. The quantitative estimate of drug-likeness (QED) is 0.137. The second-order valence-electron chi connectivity index (χ2n) is 25.3. The molecule has 0 aliphatic carbocycles. The molecule has 0 saturated carbocycles. The Hall–Kier alpha value is -8.03. The van der Waals surface area contributed by atoms with Crippen LogP contribution in [0.25, 0.3) is 61.0 Å². The van der Waals surface area contributed by atoms with Gasteiger partial charge in [-0.1, -0.05) is 163 Å². The van der Waals surface area contributed by atoms with Gasteiger partial charge in [-0.05, 0) is 157 Å². The summed E-state index contributed by atoms with van der Waals surface area (Å²) in [4.78, 5) is 9.65. The number of hydrogen-bond acceptors (Lipinski definition) is 4. The van der Waals surface area contributed by atoms with Gasteiger partial charge in [0.15, 0.2) is 0 Å². The summed E-state index contributed by atoms with van der Waals surface area (Å²) in [6.45, 7) is 29.4. The molecule has 0 saturated heterocycles. The number of pyridine rings is 1. The zero-order valence-electron chi connectivity index (χ0n) is 48.1. The smallest absolute Gasteiger partial charge is 0.137 e. The number of para-hydroxylation sites is 3. The van der Waals surface area contributed by atoms with E-state index in [1.165, 1.54) is 34.4 Å². The molecule has 0 spiro atoms. The molecule has 5 nitrogen and oxygen atoms in total. The largest absolute Gasteiger partial charge is 0.457 e. The summed E-state index contributed by atoms with van der Waals surface area (Å²) in [5.41, 5.74) is 16.7. The molecule has 0 radical (unpaired) electrons. The van der Waals surface area contributed by atoms with Crippen molar-refractivity contribution in [1.82, 2.24) is 9.55 Å². The van der Waals surface area contributed by atoms with E-state index in [0.717, 1.165) is 89.8 Å². The van der Waals surface area contributed by atoms with Crippen LogP contribution in [0, 0.1) is 11.6 Å². The summed E-state index contributed by atoms with van der Waals surface area (Å²) in [6, 6.07) is 58.2. The fourth-order valence-electron chi connectivity index (χ4n) is 11.4. The molecule has 0 unspecified atom stereocenters. The fourth-order valence-corrected chi connectivity index (χ4v) is 11.4. The average molecular weight is 1050 g/mol. The molecule has 10 aromatic rings. The number of nitrogens with zero attached hydrogens (tertiary/aromatic N) is 4. The van der Waals surface area contributed by atoms with Crippen LogP contribution < -0.4 is 14.5 Å². The van der Waals surface area contributed by atoms with Crippen molar-refractivity contribution in [3.05, 3.63) is 216 Å². The topological polar surface area (TPSA) is 33.5 Å². The summed E-state index contributed by atoms with van der Waals surface area (Å²) in [5.74, 6) is 1.53. The van der Waals surface area contributed by atoms with Crippen LogP contribution in [-0.2, 0) is 16.2 Å². The van der Waals surface area contributed by atoms with Gasteiger partial charge in [-0.2, -0.15) is 0 Å². The number of fused-ring (bicyclic) bond motifs is 4. The lowest BCUT2D eigenvalue weighted by Crippen LogP contribution is -2.25. The molecule has 1 aliphatic heterocycles. The summed E-state index contributed by atoms with van der Waals surface area (Å²) in [6.07, 6.45) is 1.91. The SMILES string of the molecule is CC(C)c1cc(-c2cc(C(C)(C)C)cc(-c3cc(F)cc(F)c3)c2N2CN(c3cc(Oc4ccc5c6ccccc6n(-c6cc(C(C)(C)C)ccn6)c5c4)cc(-c4ccccc4C(C)(C)C)c3)c3ccccc32)cc(C(C)C)c1. The number of halogens is 2. The third-order valence-corrected chi connectivity index (χ3v) is 15.8. The Morgan fingerprint density at radius 1 is 0.468 bits per heavy atom. The van der Waals surface area contributed by atoms with Gasteiger partial charge in [0, 0.05) is 52.0 Å². The number of anilines is 4. The molecule has 0 N–H and O–H groups in total. The first-order chi connectivity index (χ1) is 37.5. The van der Waals surface area contributed by atoms with Crippen molar-refractivity contribution in [2.45, 2.75) is 118 Å². The number of ether oxygens (including phenoxy) is 1. The van der Waals surface area contributed by atoms with E-state index in [-0.39, 0.29) is 28.1 Å². The Morgan fingerprint density at radius 3 is 1.70 bits per heavy atom. The number of benzene rings is 8. The summed E-state index contributed by atoms with van der Waals surface area (Å²) < 4.78 is 40.7. The lowest BCUT2D eigenvalue weighted by Gasteiger charge is -2.31. The Morgan fingerprint density at radius 2 is 1.05 bits per heavy atom. The van der Waals surface area contributed by atoms with Crippen LogP contribution in [0.15, 0.2) is 176 Å². The molecule has 0 amide bonds. The normalized spacial score (nSPS) is 13.1. The van der Waals surface area contributed by atoms with Gasteiger partial charge in [-0.15, -0.1) is 0 Å². The van der Waals surface area contributed by atoms with Gasteiger partial charge >= 0.3 is 0 Å². The van der Waals surface area contributed by atoms with Gasteiger partial charge in [0.1, 0.15) is 35.6 Å². The average Bonchev–Trinajstić information content (AvgIpc) is 4.10. The van der Waals surface area contributed by atoms with Crippen LogP contribution in [0.4, 0.5) is 31.5 Å². The molecule has 7 heteroatoms. The molecular formula is C72H72F2N4O. The van der Waals surface area contributed by atoms with Crippen LogP contribution in [-0.4, -0.2) is 16.2 Å². The van der Waals surface area contributed by atoms with Crippen LogP contribution in [0.2, 0.25) is 0 Å². The second-order valence-corrected chi connectivity index (χ2v) is 25.3. The van der Waals surface area contributed by atoms with Crippen molar-refractivity contribution in [3.8, 4) is 50.7 Å². The molecule has 0 bridgehead atoms. The van der Waals surface area contributed by atoms with E-state index < -0.39 is 11.6 Å². The van der Waals surface area contributed by atoms with Gasteiger partial charge in [0.2, 0.25) is 0 Å². The minimum Gasteiger partial charge on any atom is -0.457 e. The van der Waals surface area contributed by atoms with Crippen molar-refractivity contribution in [3.63, 3.8) is 0 Å². The lowest BCUT2D eigenvalue weighted by atomic mass is 9.81. The molecule has 79 heavy (non-hydrogen) atoms. The van der Waals surface area contributed by atoms with Crippen molar-refractivity contribution < 1.29 is 13.5 Å². The Labute approximate surface area is 466 Å². The second kappa shape index (κ2) is 20.0. The first-order valence-corrected chi connectivity index (χ1v) is 27.9. The highest BCUT2D eigenvalue weighted by Gasteiger charge is 2.34. The zero-order valence-corrected chi connectivity index (χ0v) is 48.1. The molecule has 0 fully saturated rings. The number of aromatic nitrogens is 2. The molecule has 0 atom stereocenters. The monoisotopic (exact) mass is 1050 g/mol. The summed E-state index contributed by atoms with van der Waals surface area (Å²) in [7, 11) is 0. The van der Waals surface area contributed by atoms with E-state index in [4.69, 9.17) is 9.72 Å². The standard InChI is InChI=1S/C72H72F2N4O/c1-44(2)46-30-47(45(3)4)32-48(31-46)61-37-52(71(8,9)10)38-62(49-33-53(73)40-54(74)34-49)69(61)77-43-76(65-24-18-19-25-66(65)77)55-35-50(58-20-14-16-22-63(58)72(11,12)13)36-57(41-55)79-56-26-27-60-59-21-15-17-23-64(59)78(67(60)42-56)68-39-51(28-29-75-68)70(5,6)7/h14-42,44-45H,43H2,1-13H3. The van der Waals surface area contributed by atoms with Crippen LogP contribution in [0.3, 0.4) is 0 Å². The predicted octanol–water partition coefficient (Wildman–Crippen LogP) is 20.6. The lowest BCUT2D eigenvalue weighted by molar-refractivity contribution is 0.483. The van der Waals surface area contributed by atoms with E-state index in [1.54, 1.807) is 0 Å². The number of hydrogen-bond donors (Lipinski definition) is 0. The highest BCUT2D eigenvalue weighted by Crippen LogP contribution is 2.53. The fraction of sp³-hybridized carbons (Fsp3) is 0.264. The maximum absolute atomic E-state index is 15.7. The summed E-state index contributed by atoms with van der Waals surface area (Å²) in [5, 5.41) is 2.25. The molecule has 400 valence electrons. The van der Waals surface area contributed by atoms with Crippen LogP contribution in [0.1, 0.15) is 130 Å². The van der Waals surface area contributed by atoms with Crippen molar-refractivity contribution >= 4 is 44.6 Å². The third-order valence-electron chi connectivity index (χ3n) is 15.8. The highest BCUT2D eigenvalue weighted by molar-refractivity contribution is 6.09. The molecule has 2 aromatic heterocycles. The molecule has 3 heterocycles. The minimum atomic E-state index is -0.622. The maximum Gasteiger partial charge on any atom is 0.137 e. The van der Waals surface area contributed by atoms with E-state index in [2.05, 4.69) is 256 Å². The highest BCUT2D eigenvalue weighted by atomic mass is 19.1. The van der Waals surface area contributed by atoms with Gasteiger partial charge in [0.25, 0.3) is 0 Å². The van der Waals surface area contributed by atoms with Crippen molar-refractivity contribution in [2.75, 3.05) is 16.5 Å². The van der Waals surface area contributed by atoms with Gasteiger partial charge in [-0.25, -0.2) is 13.8 Å². The van der Waals surface area contributed by atoms with E-state index >= 15 is 8.78 Å². The van der Waals surface area contributed by atoms with Crippen LogP contribution >= 0.6 is 0 Å². The minimum absolute atomic E-state index is 0.0644. The molecule has 8 aromatic carbocycles. The molecular weight excluding hydrogens is 975 g/mol. The Bertz CT molecular complexity index is 3930. The predicted molar refractivity (Wildman–Crippen MR) is 328 cm³/mol. The molecule has 1 aliphatic rings.